The van der Waals surface area contributed by atoms with Gasteiger partial charge in [-0.2, -0.15) is 0 Å². The average molecular weight is 352 g/mol. The first kappa shape index (κ1) is 17.5. The summed E-state index contributed by atoms with van der Waals surface area (Å²) in [4.78, 5) is 23.8. The van der Waals surface area contributed by atoms with Crippen LogP contribution in [-0.4, -0.2) is 25.0 Å². The van der Waals surface area contributed by atoms with E-state index in [1.165, 1.54) is 0 Å². The molecule has 3 rings (SSSR count). The van der Waals surface area contributed by atoms with E-state index in [9.17, 15) is 9.59 Å². The number of carbonyl (C=O) groups is 2. The van der Waals surface area contributed by atoms with E-state index in [0.29, 0.717) is 11.5 Å². The summed E-state index contributed by atoms with van der Waals surface area (Å²) in [5, 5.41) is 6.31. The third-order valence-electron chi connectivity index (χ3n) is 3.81. The number of carbonyl (C=O) groups excluding carboxylic acids is 2. The van der Waals surface area contributed by atoms with E-state index in [1.54, 1.807) is 12.1 Å². The fraction of sp³-hybridized carbons (Fsp3) is 0.200. The van der Waals surface area contributed by atoms with Gasteiger partial charge in [0.05, 0.1) is 12.6 Å². The van der Waals surface area contributed by atoms with Gasteiger partial charge in [0.25, 0.3) is 5.91 Å². The van der Waals surface area contributed by atoms with E-state index in [0.717, 1.165) is 11.0 Å². The van der Waals surface area contributed by atoms with Crippen LogP contribution >= 0.6 is 0 Å². The summed E-state index contributed by atoms with van der Waals surface area (Å²) >= 11 is 0. The molecule has 1 atom stereocenters. The molecule has 0 aliphatic rings. The lowest BCUT2D eigenvalue weighted by molar-refractivity contribution is -0.127. The van der Waals surface area contributed by atoms with Gasteiger partial charge in [0.15, 0.2) is 6.61 Å². The minimum Gasteiger partial charge on any atom is -0.484 e. The fourth-order valence-electron chi connectivity index (χ4n) is 2.47. The topological polar surface area (TPSA) is 80.6 Å². The second-order valence-electron chi connectivity index (χ2n) is 5.85. The average Bonchev–Trinajstić information content (AvgIpc) is 3.10. The molecule has 0 saturated carbocycles. The third kappa shape index (κ3) is 4.63. The van der Waals surface area contributed by atoms with E-state index < -0.39 is 0 Å². The molecule has 2 aromatic carbocycles. The molecule has 26 heavy (non-hydrogen) atoms. The van der Waals surface area contributed by atoms with Crippen LogP contribution in [0.3, 0.4) is 0 Å². The maximum absolute atomic E-state index is 12.0. The normalized spacial score (nSPS) is 11.7. The molecule has 0 radical (unpaired) electrons. The Kier molecular flexibility index (Phi) is 5.53. The SMILES string of the molecule is C[C@@H](NC(=O)CNC(=O)COc1ccccc1)c1cc2ccccc2o1. The summed E-state index contributed by atoms with van der Waals surface area (Å²) in [6, 6.07) is 18.3. The van der Waals surface area contributed by atoms with Crippen LogP contribution in [0.1, 0.15) is 18.7 Å². The molecule has 0 aliphatic carbocycles. The quantitative estimate of drug-likeness (QED) is 0.685. The van der Waals surface area contributed by atoms with Crippen molar-refractivity contribution in [3.05, 3.63) is 66.4 Å². The maximum Gasteiger partial charge on any atom is 0.258 e. The van der Waals surface area contributed by atoms with Crippen molar-refractivity contribution in [2.45, 2.75) is 13.0 Å². The summed E-state index contributed by atoms with van der Waals surface area (Å²) in [5.74, 6) is 0.607. The van der Waals surface area contributed by atoms with Crippen LogP contribution in [0.5, 0.6) is 5.75 Å². The van der Waals surface area contributed by atoms with Crippen molar-refractivity contribution >= 4 is 22.8 Å². The largest absolute Gasteiger partial charge is 0.484 e. The standard InChI is InChI=1S/C20H20N2O4/c1-14(18-11-15-7-5-6-10-17(15)26-18)22-19(23)12-21-20(24)13-25-16-8-3-2-4-9-16/h2-11,14H,12-13H2,1H3,(H,21,24)(H,22,23)/t14-/m1/s1. The van der Waals surface area contributed by atoms with E-state index in [2.05, 4.69) is 10.6 Å². The highest BCUT2D eigenvalue weighted by Crippen LogP contribution is 2.23. The number of para-hydroxylation sites is 2. The molecule has 0 aliphatic heterocycles. The van der Waals surface area contributed by atoms with Gasteiger partial charge < -0.3 is 19.8 Å². The summed E-state index contributed by atoms with van der Waals surface area (Å²) in [7, 11) is 0. The van der Waals surface area contributed by atoms with Crippen LogP contribution in [0.2, 0.25) is 0 Å². The predicted octanol–water partition coefficient (Wildman–Crippen LogP) is 2.81. The molecule has 1 aromatic heterocycles. The minimum absolute atomic E-state index is 0.123. The van der Waals surface area contributed by atoms with Crippen LogP contribution in [-0.2, 0) is 9.59 Å². The van der Waals surface area contributed by atoms with Crippen molar-refractivity contribution < 1.29 is 18.7 Å². The van der Waals surface area contributed by atoms with Crippen molar-refractivity contribution in [2.75, 3.05) is 13.2 Å². The lowest BCUT2D eigenvalue weighted by atomic mass is 10.2. The van der Waals surface area contributed by atoms with Gasteiger partial charge in [-0.1, -0.05) is 36.4 Å². The number of hydrogen-bond donors (Lipinski definition) is 2. The van der Waals surface area contributed by atoms with Gasteiger partial charge in [0.2, 0.25) is 5.91 Å². The molecule has 0 saturated heterocycles. The van der Waals surface area contributed by atoms with Gasteiger partial charge in [-0.15, -0.1) is 0 Å². The molecule has 0 bridgehead atoms. The third-order valence-corrected chi connectivity index (χ3v) is 3.81. The molecule has 1 heterocycles. The van der Waals surface area contributed by atoms with Gasteiger partial charge in [-0.3, -0.25) is 9.59 Å². The Labute approximate surface area is 151 Å². The van der Waals surface area contributed by atoms with Gasteiger partial charge >= 0.3 is 0 Å². The van der Waals surface area contributed by atoms with E-state index in [1.807, 2.05) is 55.5 Å². The van der Waals surface area contributed by atoms with Crippen molar-refractivity contribution in [3.63, 3.8) is 0 Å². The highest BCUT2D eigenvalue weighted by molar-refractivity contribution is 5.85. The zero-order valence-corrected chi connectivity index (χ0v) is 14.4. The molecular weight excluding hydrogens is 332 g/mol. The molecular formula is C20H20N2O4. The Morgan fingerprint density at radius 1 is 1.04 bits per heavy atom. The number of nitrogens with one attached hydrogen (secondary N) is 2. The number of ether oxygens (including phenoxy) is 1. The second-order valence-corrected chi connectivity index (χ2v) is 5.85. The Hall–Kier alpha value is -3.28. The Bertz CT molecular complexity index is 856. The highest BCUT2D eigenvalue weighted by Gasteiger charge is 2.14. The molecule has 0 spiro atoms. The number of hydrogen-bond acceptors (Lipinski definition) is 4. The lowest BCUT2D eigenvalue weighted by Gasteiger charge is -2.12. The number of benzene rings is 2. The number of fused-ring (bicyclic) bond motifs is 1. The van der Waals surface area contributed by atoms with Gasteiger partial charge in [-0.05, 0) is 31.2 Å². The Morgan fingerprint density at radius 2 is 1.77 bits per heavy atom. The van der Waals surface area contributed by atoms with E-state index in [4.69, 9.17) is 9.15 Å². The summed E-state index contributed by atoms with van der Waals surface area (Å²) < 4.78 is 11.0. The molecule has 3 aromatic rings. The second kappa shape index (κ2) is 8.20. The zero-order chi connectivity index (χ0) is 18.4. The molecule has 6 heteroatoms. The van der Waals surface area contributed by atoms with Crippen molar-refractivity contribution in [1.82, 2.24) is 10.6 Å². The molecule has 0 fully saturated rings. The number of amides is 2. The smallest absolute Gasteiger partial charge is 0.258 e. The molecule has 0 unspecified atom stereocenters. The Balaban J connectivity index is 1.43. The van der Waals surface area contributed by atoms with Crippen LogP contribution < -0.4 is 15.4 Å². The summed E-state index contributed by atoms with van der Waals surface area (Å²) in [6.07, 6.45) is 0. The van der Waals surface area contributed by atoms with Gasteiger partial charge in [0, 0.05) is 5.39 Å². The predicted molar refractivity (Wildman–Crippen MR) is 97.7 cm³/mol. The van der Waals surface area contributed by atoms with Gasteiger partial charge in [-0.25, -0.2) is 0 Å². The maximum atomic E-state index is 12.0. The van der Waals surface area contributed by atoms with Crippen LogP contribution in [0, 0.1) is 0 Å². The molecule has 134 valence electrons. The molecule has 2 N–H and O–H groups in total. The molecule has 6 nitrogen and oxygen atoms in total. The first-order valence-corrected chi connectivity index (χ1v) is 8.34. The first-order chi connectivity index (χ1) is 12.6. The Morgan fingerprint density at radius 3 is 2.54 bits per heavy atom. The van der Waals surface area contributed by atoms with Crippen molar-refractivity contribution in [1.29, 1.82) is 0 Å². The van der Waals surface area contributed by atoms with E-state index in [-0.39, 0.29) is 31.0 Å². The minimum atomic E-state index is -0.361. The van der Waals surface area contributed by atoms with Crippen molar-refractivity contribution in [2.24, 2.45) is 0 Å². The lowest BCUT2D eigenvalue weighted by Crippen LogP contribution is -2.39. The fourth-order valence-corrected chi connectivity index (χ4v) is 2.47. The summed E-state index contributed by atoms with van der Waals surface area (Å²) in [5.41, 5.74) is 0.773. The summed E-state index contributed by atoms with van der Waals surface area (Å²) in [6.45, 7) is 1.56. The molecule has 2 amide bonds. The van der Waals surface area contributed by atoms with Gasteiger partial charge in [0.1, 0.15) is 17.1 Å². The zero-order valence-electron chi connectivity index (χ0n) is 14.4. The van der Waals surface area contributed by atoms with Crippen LogP contribution in [0.25, 0.3) is 11.0 Å². The highest BCUT2D eigenvalue weighted by atomic mass is 16.5. The first-order valence-electron chi connectivity index (χ1n) is 8.34. The number of rotatable bonds is 7. The van der Waals surface area contributed by atoms with Crippen LogP contribution in [0.15, 0.2) is 65.1 Å². The monoisotopic (exact) mass is 352 g/mol. The van der Waals surface area contributed by atoms with E-state index >= 15 is 0 Å². The number of furan rings is 1. The van der Waals surface area contributed by atoms with Crippen molar-refractivity contribution in [3.8, 4) is 5.75 Å². The van der Waals surface area contributed by atoms with Crippen LogP contribution in [0.4, 0.5) is 0 Å².